The predicted molar refractivity (Wildman–Crippen MR) is 109 cm³/mol. The molecular formula is C23H28N2O3. The fourth-order valence-corrected chi connectivity index (χ4v) is 3.29. The first kappa shape index (κ1) is 19.9. The minimum absolute atomic E-state index is 0.0208. The number of rotatable bonds is 9. The third kappa shape index (κ3) is 5.12. The van der Waals surface area contributed by atoms with E-state index in [2.05, 4.69) is 22.8 Å². The topological polar surface area (TPSA) is 67.4 Å². The molecule has 1 aliphatic carbocycles. The molecule has 1 fully saturated rings. The molecule has 2 amide bonds. The molecule has 1 saturated carbocycles. The molecule has 0 spiro atoms. The molecule has 0 unspecified atom stereocenters. The summed E-state index contributed by atoms with van der Waals surface area (Å²) < 4.78 is 5.47. The van der Waals surface area contributed by atoms with Gasteiger partial charge in [0.1, 0.15) is 11.8 Å². The van der Waals surface area contributed by atoms with E-state index in [-0.39, 0.29) is 29.8 Å². The number of carbonyl (C=O) groups excluding carboxylic acids is 2. The van der Waals surface area contributed by atoms with Crippen molar-refractivity contribution in [3.05, 3.63) is 66.2 Å². The Hall–Kier alpha value is -2.82. The molecule has 28 heavy (non-hydrogen) atoms. The highest BCUT2D eigenvalue weighted by Crippen LogP contribution is 2.47. The monoisotopic (exact) mass is 380 g/mol. The lowest BCUT2D eigenvalue weighted by Crippen LogP contribution is -2.52. The second-order valence-electron chi connectivity index (χ2n) is 7.76. The summed E-state index contributed by atoms with van der Waals surface area (Å²) in [7, 11) is 0. The first-order valence-corrected chi connectivity index (χ1v) is 9.81. The van der Waals surface area contributed by atoms with Crippen LogP contribution in [0.2, 0.25) is 0 Å². The summed E-state index contributed by atoms with van der Waals surface area (Å²) in [6.45, 7) is 4.32. The van der Waals surface area contributed by atoms with Crippen molar-refractivity contribution in [3.63, 3.8) is 0 Å². The smallest absolute Gasteiger partial charge is 0.258 e. The second kappa shape index (κ2) is 8.91. The molecule has 0 saturated heterocycles. The quantitative estimate of drug-likeness (QED) is 0.703. The Labute approximate surface area is 166 Å². The van der Waals surface area contributed by atoms with Gasteiger partial charge in [0.05, 0.1) is 0 Å². The van der Waals surface area contributed by atoms with Crippen molar-refractivity contribution in [2.75, 3.05) is 13.2 Å². The maximum Gasteiger partial charge on any atom is 0.258 e. The average molecular weight is 380 g/mol. The van der Waals surface area contributed by atoms with Crippen LogP contribution in [-0.4, -0.2) is 31.0 Å². The van der Waals surface area contributed by atoms with Crippen LogP contribution in [0.4, 0.5) is 0 Å². The first-order valence-electron chi connectivity index (χ1n) is 9.81. The van der Waals surface area contributed by atoms with Crippen molar-refractivity contribution < 1.29 is 14.3 Å². The molecule has 0 heterocycles. The van der Waals surface area contributed by atoms with Crippen molar-refractivity contribution in [2.24, 2.45) is 5.92 Å². The second-order valence-corrected chi connectivity index (χ2v) is 7.76. The fourth-order valence-electron chi connectivity index (χ4n) is 3.29. The van der Waals surface area contributed by atoms with Gasteiger partial charge in [-0.25, -0.2) is 0 Å². The van der Waals surface area contributed by atoms with Crippen LogP contribution in [0.25, 0.3) is 0 Å². The predicted octanol–water partition coefficient (Wildman–Crippen LogP) is 3.05. The van der Waals surface area contributed by atoms with Crippen LogP contribution in [0, 0.1) is 5.92 Å². The summed E-state index contributed by atoms with van der Waals surface area (Å²) in [5, 5.41) is 5.86. The Morgan fingerprint density at radius 3 is 2.18 bits per heavy atom. The summed E-state index contributed by atoms with van der Waals surface area (Å²) in [6, 6.07) is 18.9. The highest BCUT2D eigenvalue weighted by Gasteiger charge is 2.44. The number of hydrogen-bond acceptors (Lipinski definition) is 3. The Bertz CT molecular complexity index is 786. The van der Waals surface area contributed by atoms with Gasteiger partial charge in [-0.1, -0.05) is 62.4 Å². The van der Waals surface area contributed by atoms with Crippen LogP contribution in [0.15, 0.2) is 60.7 Å². The number of benzene rings is 2. The van der Waals surface area contributed by atoms with E-state index >= 15 is 0 Å². The lowest BCUT2D eigenvalue weighted by molar-refractivity contribution is -0.131. The first-order chi connectivity index (χ1) is 13.5. The number of para-hydroxylation sites is 1. The van der Waals surface area contributed by atoms with Gasteiger partial charge in [0.25, 0.3) is 5.91 Å². The summed E-state index contributed by atoms with van der Waals surface area (Å²) in [5.41, 5.74) is 1.30. The van der Waals surface area contributed by atoms with Gasteiger partial charge in [-0.2, -0.15) is 0 Å². The largest absolute Gasteiger partial charge is 0.484 e. The molecule has 5 nitrogen and oxygen atoms in total. The molecule has 3 rings (SSSR count). The number of nitrogens with one attached hydrogen (secondary N) is 2. The Morgan fingerprint density at radius 2 is 1.61 bits per heavy atom. The van der Waals surface area contributed by atoms with Gasteiger partial charge in [-0.15, -0.1) is 0 Å². The summed E-state index contributed by atoms with van der Waals surface area (Å²) >= 11 is 0. The third-order valence-electron chi connectivity index (χ3n) is 5.22. The Balaban J connectivity index is 1.52. The fraction of sp³-hybridized carbons (Fsp3) is 0.391. The van der Waals surface area contributed by atoms with E-state index < -0.39 is 6.04 Å². The van der Waals surface area contributed by atoms with E-state index in [9.17, 15) is 9.59 Å². The zero-order chi connectivity index (χ0) is 20.0. The van der Waals surface area contributed by atoms with E-state index in [0.29, 0.717) is 12.3 Å². The number of carbonyl (C=O) groups is 2. The molecule has 2 aromatic rings. The molecule has 5 heteroatoms. The highest BCUT2D eigenvalue weighted by molar-refractivity contribution is 5.88. The molecule has 0 aromatic heterocycles. The third-order valence-corrected chi connectivity index (χ3v) is 5.22. The molecule has 0 aliphatic heterocycles. The van der Waals surface area contributed by atoms with E-state index in [1.54, 1.807) is 12.1 Å². The minimum atomic E-state index is -0.585. The van der Waals surface area contributed by atoms with E-state index in [0.717, 1.165) is 12.8 Å². The molecule has 0 bridgehead atoms. The van der Waals surface area contributed by atoms with E-state index in [4.69, 9.17) is 4.74 Å². The molecule has 1 aliphatic rings. The van der Waals surface area contributed by atoms with Gasteiger partial charge in [-0.05, 0) is 36.5 Å². The van der Waals surface area contributed by atoms with Crippen LogP contribution in [-0.2, 0) is 15.0 Å². The molecular weight excluding hydrogens is 352 g/mol. The highest BCUT2D eigenvalue weighted by atomic mass is 16.5. The molecule has 1 atom stereocenters. The normalized spacial score (nSPS) is 15.5. The molecule has 2 aromatic carbocycles. The van der Waals surface area contributed by atoms with Crippen molar-refractivity contribution in [1.29, 1.82) is 0 Å². The van der Waals surface area contributed by atoms with Crippen molar-refractivity contribution in [2.45, 2.75) is 38.1 Å². The summed E-state index contributed by atoms with van der Waals surface area (Å²) in [6.07, 6.45) is 2.14. The SMILES string of the molecule is CC(C)[C@H](NC(=O)COc1ccccc1)C(=O)NCC1(c2ccccc2)CC1. The van der Waals surface area contributed by atoms with Crippen LogP contribution < -0.4 is 15.4 Å². The van der Waals surface area contributed by atoms with Crippen molar-refractivity contribution in [1.82, 2.24) is 10.6 Å². The summed E-state index contributed by atoms with van der Waals surface area (Å²) in [4.78, 5) is 25.0. The molecule has 2 N–H and O–H groups in total. The Morgan fingerprint density at radius 1 is 1.00 bits per heavy atom. The molecule has 148 valence electrons. The standard InChI is InChI=1S/C23H28N2O3/c1-17(2)21(25-20(26)15-28-19-11-7-4-8-12-19)22(27)24-16-23(13-14-23)18-9-5-3-6-10-18/h3-12,17,21H,13-16H2,1-2H3,(H,24,27)(H,25,26)/t21-/m0/s1. The van der Waals surface area contributed by atoms with Crippen LogP contribution in [0.1, 0.15) is 32.3 Å². The summed E-state index contributed by atoms with van der Waals surface area (Å²) in [5.74, 6) is 0.154. The van der Waals surface area contributed by atoms with Gasteiger partial charge in [0.2, 0.25) is 5.91 Å². The van der Waals surface area contributed by atoms with Crippen molar-refractivity contribution in [3.8, 4) is 5.75 Å². The zero-order valence-electron chi connectivity index (χ0n) is 16.5. The zero-order valence-corrected chi connectivity index (χ0v) is 16.5. The van der Waals surface area contributed by atoms with Crippen molar-refractivity contribution >= 4 is 11.8 Å². The van der Waals surface area contributed by atoms with Gasteiger partial charge in [0.15, 0.2) is 6.61 Å². The van der Waals surface area contributed by atoms with Gasteiger partial charge in [0, 0.05) is 12.0 Å². The maximum atomic E-state index is 12.7. The van der Waals surface area contributed by atoms with E-state index in [1.807, 2.05) is 50.2 Å². The van der Waals surface area contributed by atoms with E-state index in [1.165, 1.54) is 5.56 Å². The molecule has 0 radical (unpaired) electrons. The number of hydrogen-bond donors (Lipinski definition) is 2. The Kier molecular flexibility index (Phi) is 6.34. The maximum absolute atomic E-state index is 12.7. The number of ether oxygens (including phenoxy) is 1. The lowest BCUT2D eigenvalue weighted by Gasteiger charge is -2.24. The van der Waals surface area contributed by atoms with Crippen LogP contribution in [0.3, 0.4) is 0 Å². The lowest BCUT2D eigenvalue weighted by atomic mass is 9.95. The van der Waals surface area contributed by atoms with Gasteiger partial charge >= 0.3 is 0 Å². The van der Waals surface area contributed by atoms with Gasteiger partial charge in [-0.3, -0.25) is 9.59 Å². The van der Waals surface area contributed by atoms with Crippen LogP contribution >= 0.6 is 0 Å². The number of amides is 2. The minimum Gasteiger partial charge on any atom is -0.484 e. The van der Waals surface area contributed by atoms with Gasteiger partial charge < -0.3 is 15.4 Å². The average Bonchev–Trinajstić information content (AvgIpc) is 3.51. The van der Waals surface area contributed by atoms with Crippen LogP contribution in [0.5, 0.6) is 5.75 Å².